The zero-order chi connectivity index (χ0) is 13.8. The van der Waals surface area contributed by atoms with Gasteiger partial charge in [0.1, 0.15) is 6.04 Å². The van der Waals surface area contributed by atoms with Crippen LogP contribution < -0.4 is 5.32 Å². The van der Waals surface area contributed by atoms with Gasteiger partial charge in [-0.25, -0.2) is 0 Å². The molecule has 0 saturated carbocycles. The first kappa shape index (κ1) is 15.5. The average molecular weight is 256 g/mol. The molecule has 3 N–H and O–H groups in total. The molecule has 0 radical (unpaired) electrons. The third-order valence-electron chi connectivity index (χ3n) is 3.76. The number of hydrogen-bond donors (Lipinski definition) is 3. The summed E-state index contributed by atoms with van der Waals surface area (Å²) in [6.45, 7) is 3.01. The average Bonchev–Trinajstić information content (AvgIpc) is 2.60. The number of nitrogens with zero attached hydrogens (tertiary/aromatic N) is 1. The van der Waals surface area contributed by atoms with E-state index in [1.54, 1.807) is 6.82 Å². The highest BCUT2D eigenvalue weighted by Gasteiger charge is 2.46. The molecule has 6 heteroatoms. The second-order valence-electron chi connectivity index (χ2n) is 5.82. The molecule has 18 heavy (non-hydrogen) atoms. The highest BCUT2D eigenvalue weighted by atomic mass is 16.4. The lowest BCUT2D eigenvalue weighted by Gasteiger charge is -2.35. The van der Waals surface area contributed by atoms with Gasteiger partial charge in [0, 0.05) is 12.0 Å². The van der Waals surface area contributed by atoms with Crippen LogP contribution in [0, 0.1) is 5.41 Å². The molecule has 1 heterocycles. The lowest BCUT2D eigenvalue weighted by molar-refractivity contribution is -0.142. The quantitative estimate of drug-likeness (QED) is 0.574. The van der Waals surface area contributed by atoms with Crippen LogP contribution in [0.3, 0.4) is 0 Å². The SMILES string of the molecule is CB(O)CCCC1(CN(C)C)CCNC1C(=O)O. The number of hydrogen-bond acceptors (Lipinski definition) is 4. The Labute approximate surface area is 110 Å². The molecule has 0 aliphatic carbocycles. The first-order valence-corrected chi connectivity index (χ1v) is 6.66. The van der Waals surface area contributed by atoms with Crippen molar-refractivity contribution < 1.29 is 14.9 Å². The molecule has 0 aromatic carbocycles. The number of carboxylic acids is 1. The van der Waals surface area contributed by atoms with Crippen molar-refractivity contribution in [3.63, 3.8) is 0 Å². The summed E-state index contributed by atoms with van der Waals surface area (Å²) in [4.78, 5) is 13.4. The molecule has 0 aromatic heterocycles. The fourth-order valence-electron chi connectivity index (χ4n) is 3.07. The van der Waals surface area contributed by atoms with E-state index in [9.17, 15) is 14.9 Å². The molecule has 0 amide bonds. The molecular formula is C12H25BN2O3. The van der Waals surface area contributed by atoms with Gasteiger partial charge in [-0.3, -0.25) is 4.79 Å². The molecule has 1 aliphatic rings. The molecule has 1 fully saturated rings. The minimum Gasteiger partial charge on any atom is -0.480 e. The van der Waals surface area contributed by atoms with Gasteiger partial charge >= 0.3 is 5.97 Å². The van der Waals surface area contributed by atoms with Gasteiger partial charge in [-0.05, 0) is 39.8 Å². The molecule has 0 spiro atoms. The maximum atomic E-state index is 11.4. The van der Waals surface area contributed by atoms with Crippen LogP contribution in [-0.2, 0) is 4.79 Å². The minimum atomic E-state index is -0.758. The van der Waals surface area contributed by atoms with E-state index in [1.165, 1.54) is 0 Å². The van der Waals surface area contributed by atoms with Gasteiger partial charge in [0.05, 0.1) is 0 Å². The maximum absolute atomic E-state index is 11.4. The largest absolute Gasteiger partial charge is 0.480 e. The Hall–Kier alpha value is -0.585. The Morgan fingerprint density at radius 3 is 2.72 bits per heavy atom. The van der Waals surface area contributed by atoms with Crippen molar-refractivity contribution in [2.75, 3.05) is 27.2 Å². The molecule has 0 aromatic rings. The highest BCUT2D eigenvalue weighted by Crippen LogP contribution is 2.37. The van der Waals surface area contributed by atoms with Crippen LogP contribution in [0.1, 0.15) is 19.3 Å². The number of carbonyl (C=O) groups is 1. The van der Waals surface area contributed by atoms with Gasteiger partial charge in [0.2, 0.25) is 0 Å². The predicted molar refractivity (Wildman–Crippen MR) is 72.9 cm³/mol. The van der Waals surface area contributed by atoms with E-state index in [2.05, 4.69) is 10.2 Å². The molecule has 104 valence electrons. The third kappa shape index (κ3) is 3.97. The Balaban J connectivity index is 2.71. The highest BCUT2D eigenvalue weighted by molar-refractivity contribution is 6.48. The van der Waals surface area contributed by atoms with Gasteiger partial charge in [-0.2, -0.15) is 0 Å². The maximum Gasteiger partial charge on any atom is 0.321 e. The van der Waals surface area contributed by atoms with E-state index in [4.69, 9.17) is 0 Å². The number of aliphatic carboxylic acids is 1. The van der Waals surface area contributed by atoms with Crippen molar-refractivity contribution >= 4 is 12.9 Å². The van der Waals surface area contributed by atoms with Gasteiger partial charge < -0.3 is 20.3 Å². The van der Waals surface area contributed by atoms with Crippen molar-refractivity contribution in [1.29, 1.82) is 0 Å². The van der Waals surface area contributed by atoms with Gasteiger partial charge in [-0.1, -0.05) is 13.2 Å². The zero-order valence-corrected chi connectivity index (χ0v) is 11.6. The third-order valence-corrected chi connectivity index (χ3v) is 3.76. The summed E-state index contributed by atoms with van der Waals surface area (Å²) in [6, 6.07) is -0.464. The summed E-state index contributed by atoms with van der Waals surface area (Å²) in [5.41, 5.74) is -0.204. The molecule has 5 nitrogen and oxygen atoms in total. The summed E-state index contributed by atoms with van der Waals surface area (Å²) in [5.74, 6) is -0.758. The van der Waals surface area contributed by atoms with E-state index >= 15 is 0 Å². The van der Waals surface area contributed by atoms with Crippen molar-refractivity contribution in [2.45, 2.75) is 38.4 Å². The fraction of sp³-hybridized carbons (Fsp3) is 0.917. The van der Waals surface area contributed by atoms with Gasteiger partial charge in [-0.15, -0.1) is 0 Å². The Morgan fingerprint density at radius 2 is 2.22 bits per heavy atom. The molecule has 2 atom stereocenters. The monoisotopic (exact) mass is 256 g/mol. The predicted octanol–water partition coefficient (Wildman–Crippen LogP) is 0.375. The normalized spacial score (nSPS) is 27.7. The van der Waals surface area contributed by atoms with E-state index in [0.29, 0.717) is 0 Å². The number of carboxylic acid groups (broad SMARTS) is 1. The topological polar surface area (TPSA) is 72.8 Å². The number of rotatable bonds is 7. The number of nitrogens with one attached hydrogen (secondary N) is 1. The van der Waals surface area contributed by atoms with Gasteiger partial charge in [0.25, 0.3) is 6.92 Å². The first-order valence-electron chi connectivity index (χ1n) is 6.66. The molecule has 2 unspecified atom stereocenters. The smallest absolute Gasteiger partial charge is 0.321 e. The molecular weight excluding hydrogens is 231 g/mol. The van der Waals surface area contributed by atoms with Crippen LogP contribution in [0.4, 0.5) is 0 Å². The van der Waals surface area contributed by atoms with E-state index < -0.39 is 12.0 Å². The van der Waals surface area contributed by atoms with E-state index in [1.807, 2.05) is 14.1 Å². The van der Waals surface area contributed by atoms with Crippen LogP contribution in [0.5, 0.6) is 0 Å². The van der Waals surface area contributed by atoms with Crippen LogP contribution in [0.25, 0.3) is 0 Å². The molecule has 1 rings (SSSR count). The zero-order valence-electron chi connectivity index (χ0n) is 11.6. The summed E-state index contributed by atoms with van der Waals surface area (Å²) in [5, 5.41) is 21.8. The Bertz CT molecular complexity index is 286. The molecule has 1 saturated heterocycles. The minimum absolute atomic E-state index is 0.204. The lowest BCUT2D eigenvalue weighted by Crippen LogP contribution is -2.48. The standard InChI is InChI=1S/C12H25BN2O3/c1-13(18)7-4-5-12(9-15(2)3)6-8-14-10(12)11(16)17/h10,14,18H,4-9H2,1-3H3,(H,16,17). The Morgan fingerprint density at radius 1 is 1.56 bits per heavy atom. The van der Waals surface area contributed by atoms with Crippen molar-refractivity contribution in [1.82, 2.24) is 10.2 Å². The van der Waals surface area contributed by atoms with Crippen molar-refractivity contribution in [3.05, 3.63) is 0 Å². The van der Waals surface area contributed by atoms with Gasteiger partial charge in [0.15, 0.2) is 0 Å². The summed E-state index contributed by atoms with van der Waals surface area (Å²) in [7, 11) is 3.96. The van der Waals surface area contributed by atoms with Crippen molar-refractivity contribution in [2.24, 2.45) is 5.41 Å². The van der Waals surface area contributed by atoms with Crippen LogP contribution in [0.15, 0.2) is 0 Å². The molecule has 0 bridgehead atoms. The fourth-order valence-corrected chi connectivity index (χ4v) is 3.07. The van der Waals surface area contributed by atoms with Crippen LogP contribution >= 0.6 is 0 Å². The van der Waals surface area contributed by atoms with E-state index in [-0.39, 0.29) is 12.3 Å². The second-order valence-corrected chi connectivity index (χ2v) is 5.82. The summed E-state index contributed by atoms with van der Waals surface area (Å²) >= 11 is 0. The summed E-state index contributed by atoms with van der Waals surface area (Å²) < 4.78 is 0. The molecule has 1 aliphatic heterocycles. The Kier molecular flexibility index (Phi) is 5.62. The first-order chi connectivity index (χ1) is 8.37. The second kappa shape index (κ2) is 6.54. The van der Waals surface area contributed by atoms with E-state index in [0.717, 1.165) is 38.7 Å². The summed E-state index contributed by atoms with van der Waals surface area (Å²) in [6.07, 6.45) is 3.35. The van der Waals surface area contributed by atoms with Crippen LogP contribution in [-0.4, -0.2) is 61.1 Å². The van der Waals surface area contributed by atoms with Crippen molar-refractivity contribution in [3.8, 4) is 0 Å². The van der Waals surface area contributed by atoms with Crippen LogP contribution in [0.2, 0.25) is 13.1 Å². The lowest BCUT2D eigenvalue weighted by atomic mass is 9.64.